The molecule has 0 fully saturated rings. The number of benzene rings is 2. The highest BCUT2D eigenvalue weighted by Gasteiger charge is 2.26. The Kier molecular flexibility index (Phi) is 6.41. The first kappa shape index (κ1) is 21.0. The summed E-state index contributed by atoms with van der Waals surface area (Å²) in [4.78, 5) is 16.2. The third-order valence-corrected chi connectivity index (χ3v) is 4.73. The molecule has 0 spiro atoms. The van der Waals surface area contributed by atoms with Crippen LogP contribution in [0.2, 0.25) is 0 Å². The second-order valence-electron chi connectivity index (χ2n) is 6.23. The molecule has 0 saturated heterocycles. The van der Waals surface area contributed by atoms with Gasteiger partial charge in [-0.25, -0.2) is 0 Å². The van der Waals surface area contributed by atoms with Gasteiger partial charge in [0.15, 0.2) is 29.3 Å². The maximum Gasteiger partial charge on any atom is 0.203 e. The molecule has 0 aliphatic rings. The maximum atomic E-state index is 12.0. The van der Waals surface area contributed by atoms with Crippen molar-refractivity contribution in [1.82, 2.24) is 4.98 Å². The quantitative estimate of drug-likeness (QED) is 0.514. The number of pyridine rings is 1. The Hall–Kier alpha value is -3.74. The van der Waals surface area contributed by atoms with Gasteiger partial charge >= 0.3 is 0 Å². The summed E-state index contributed by atoms with van der Waals surface area (Å²) in [6.07, 6.45) is 4.19. The third-order valence-electron chi connectivity index (χ3n) is 4.73. The lowest BCUT2D eigenvalue weighted by molar-refractivity contribution is 0.112. The van der Waals surface area contributed by atoms with Gasteiger partial charge in [0.1, 0.15) is 0 Å². The lowest BCUT2D eigenvalue weighted by atomic mass is 9.93. The number of hydrogen-bond donors (Lipinski definition) is 0. The van der Waals surface area contributed by atoms with Crippen molar-refractivity contribution in [3.8, 4) is 51.0 Å². The van der Waals surface area contributed by atoms with Crippen molar-refractivity contribution in [3.05, 3.63) is 48.3 Å². The summed E-state index contributed by atoms with van der Waals surface area (Å²) in [6, 6.07) is 9.14. The molecule has 2 aromatic carbocycles. The fourth-order valence-electron chi connectivity index (χ4n) is 3.40. The predicted molar refractivity (Wildman–Crippen MR) is 113 cm³/mol. The van der Waals surface area contributed by atoms with Crippen molar-refractivity contribution in [1.29, 1.82) is 0 Å². The average Bonchev–Trinajstić information content (AvgIpc) is 2.81. The first-order valence-corrected chi connectivity index (χ1v) is 9.08. The number of carbonyl (C=O) groups excluding carboxylic acids is 1. The fourth-order valence-corrected chi connectivity index (χ4v) is 3.40. The Bertz CT molecular complexity index is 1050. The molecule has 30 heavy (non-hydrogen) atoms. The SMILES string of the molecule is COc1cc(-c2cccnc2)cc(-c2c(C=O)cc(OC)c(OC)c2OC)c1OC. The van der Waals surface area contributed by atoms with E-state index in [1.807, 2.05) is 24.3 Å². The smallest absolute Gasteiger partial charge is 0.203 e. The lowest BCUT2D eigenvalue weighted by Gasteiger charge is -2.21. The van der Waals surface area contributed by atoms with Gasteiger partial charge in [0, 0.05) is 34.6 Å². The average molecular weight is 409 g/mol. The normalized spacial score (nSPS) is 10.3. The zero-order valence-corrected chi connectivity index (χ0v) is 17.5. The summed E-state index contributed by atoms with van der Waals surface area (Å²) in [6.45, 7) is 0. The molecule has 7 nitrogen and oxygen atoms in total. The van der Waals surface area contributed by atoms with Crippen LogP contribution in [0.15, 0.2) is 42.7 Å². The molecular weight excluding hydrogens is 386 g/mol. The van der Waals surface area contributed by atoms with Gasteiger partial charge in [0.2, 0.25) is 5.75 Å². The van der Waals surface area contributed by atoms with Gasteiger partial charge in [-0.05, 0) is 29.8 Å². The molecular formula is C23H23NO6. The largest absolute Gasteiger partial charge is 0.493 e. The molecule has 3 rings (SSSR count). The second-order valence-corrected chi connectivity index (χ2v) is 6.23. The molecule has 0 amide bonds. The van der Waals surface area contributed by atoms with E-state index in [2.05, 4.69) is 4.98 Å². The number of methoxy groups -OCH3 is 5. The number of carbonyl (C=O) groups is 1. The molecule has 156 valence electrons. The first-order valence-electron chi connectivity index (χ1n) is 9.08. The van der Waals surface area contributed by atoms with Crippen molar-refractivity contribution in [2.45, 2.75) is 0 Å². The summed E-state index contributed by atoms with van der Waals surface area (Å²) in [7, 11) is 7.61. The van der Waals surface area contributed by atoms with E-state index >= 15 is 0 Å². The van der Waals surface area contributed by atoms with Gasteiger partial charge in [-0.15, -0.1) is 0 Å². The minimum atomic E-state index is 0.350. The van der Waals surface area contributed by atoms with Crippen LogP contribution in [0.5, 0.6) is 28.7 Å². The fraction of sp³-hybridized carbons (Fsp3) is 0.217. The van der Waals surface area contributed by atoms with Gasteiger partial charge in [-0.1, -0.05) is 6.07 Å². The molecule has 0 radical (unpaired) electrons. The van der Waals surface area contributed by atoms with Crippen molar-refractivity contribution < 1.29 is 28.5 Å². The number of nitrogens with zero attached hydrogens (tertiary/aromatic N) is 1. The Labute approximate surface area is 175 Å². The van der Waals surface area contributed by atoms with Crippen LogP contribution in [-0.4, -0.2) is 46.8 Å². The van der Waals surface area contributed by atoms with E-state index in [1.54, 1.807) is 32.7 Å². The number of aldehydes is 1. The molecule has 0 unspecified atom stereocenters. The highest BCUT2D eigenvalue weighted by atomic mass is 16.5. The van der Waals surface area contributed by atoms with E-state index in [4.69, 9.17) is 23.7 Å². The second kappa shape index (κ2) is 9.17. The highest BCUT2D eigenvalue weighted by Crippen LogP contribution is 2.51. The van der Waals surface area contributed by atoms with E-state index in [1.165, 1.54) is 21.3 Å². The zero-order valence-electron chi connectivity index (χ0n) is 17.5. The van der Waals surface area contributed by atoms with Crippen LogP contribution >= 0.6 is 0 Å². The summed E-state index contributed by atoms with van der Waals surface area (Å²) in [5.74, 6) is 2.06. The maximum absolute atomic E-state index is 12.0. The standard InChI is InChI=1S/C23H23NO6/c1-26-18-10-15(14-7-6-8-24-12-14)9-17(21(18)28-3)20-16(13-25)11-19(27-2)22(29-4)23(20)30-5/h6-13H,1-5H3. The number of ether oxygens (including phenoxy) is 5. The van der Waals surface area contributed by atoms with Gasteiger partial charge in [-0.2, -0.15) is 0 Å². The summed E-state index contributed by atoms with van der Waals surface area (Å²) in [5, 5.41) is 0. The third kappa shape index (κ3) is 3.61. The van der Waals surface area contributed by atoms with E-state index < -0.39 is 0 Å². The van der Waals surface area contributed by atoms with Crippen LogP contribution in [0.3, 0.4) is 0 Å². The van der Waals surface area contributed by atoms with Crippen LogP contribution in [0, 0.1) is 0 Å². The van der Waals surface area contributed by atoms with E-state index in [0.29, 0.717) is 45.4 Å². The molecule has 3 aromatic rings. The number of aromatic nitrogens is 1. The molecule has 0 aliphatic carbocycles. The van der Waals surface area contributed by atoms with E-state index in [0.717, 1.165) is 17.4 Å². The topological polar surface area (TPSA) is 76.1 Å². The minimum absolute atomic E-state index is 0.350. The summed E-state index contributed by atoms with van der Waals surface area (Å²) < 4.78 is 27.8. The molecule has 0 saturated carbocycles. The lowest BCUT2D eigenvalue weighted by Crippen LogP contribution is -2.02. The van der Waals surface area contributed by atoms with Crippen LogP contribution < -0.4 is 23.7 Å². The summed E-state index contributed by atoms with van der Waals surface area (Å²) >= 11 is 0. The molecule has 1 heterocycles. The van der Waals surface area contributed by atoms with Crippen molar-refractivity contribution >= 4 is 6.29 Å². The Morgan fingerprint density at radius 1 is 0.767 bits per heavy atom. The summed E-state index contributed by atoms with van der Waals surface area (Å²) in [5.41, 5.74) is 3.19. The number of hydrogen-bond acceptors (Lipinski definition) is 7. The Morgan fingerprint density at radius 3 is 1.97 bits per heavy atom. The van der Waals surface area contributed by atoms with Gasteiger partial charge < -0.3 is 23.7 Å². The molecule has 0 bridgehead atoms. The predicted octanol–water partition coefficient (Wildman–Crippen LogP) is 4.27. The highest BCUT2D eigenvalue weighted by molar-refractivity contribution is 5.97. The van der Waals surface area contributed by atoms with Gasteiger partial charge in [0.05, 0.1) is 35.5 Å². The molecule has 7 heteroatoms. The molecule has 0 N–H and O–H groups in total. The van der Waals surface area contributed by atoms with Crippen LogP contribution in [0.1, 0.15) is 10.4 Å². The van der Waals surface area contributed by atoms with Crippen LogP contribution in [0.25, 0.3) is 22.3 Å². The molecule has 1 aromatic heterocycles. The van der Waals surface area contributed by atoms with Gasteiger partial charge in [0.25, 0.3) is 0 Å². The Balaban J connectivity index is 2.43. The van der Waals surface area contributed by atoms with Crippen molar-refractivity contribution in [3.63, 3.8) is 0 Å². The minimum Gasteiger partial charge on any atom is -0.493 e. The number of rotatable bonds is 8. The van der Waals surface area contributed by atoms with E-state index in [-0.39, 0.29) is 0 Å². The zero-order chi connectivity index (χ0) is 21.7. The molecule has 0 aliphatic heterocycles. The van der Waals surface area contributed by atoms with Crippen LogP contribution in [0.4, 0.5) is 0 Å². The van der Waals surface area contributed by atoms with E-state index in [9.17, 15) is 4.79 Å². The monoisotopic (exact) mass is 409 g/mol. The van der Waals surface area contributed by atoms with Crippen LogP contribution in [-0.2, 0) is 0 Å². The first-order chi connectivity index (χ1) is 14.6. The van der Waals surface area contributed by atoms with Crippen molar-refractivity contribution in [2.24, 2.45) is 0 Å². The van der Waals surface area contributed by atoms with Gasteiger partial charge in [-0.3, -0.25) is 9.78 Å². The molecule has 0 atom stereocenters. The Morgan fingerprint density at radius 2 is 1.43 bits per heavy atom. The van der Waals surface area contributed by atoms with Crippen molar-refractivity contribution in [2.75, 3.05) is 35.5 Å².